The van der Waals surface area contributed by atoms with Gasteiger partial charge in [0.05, 0.1) is 56.8 Å². The van der Waals surface area contributed by atoms with Crippen LogP contribution in [0.2, 0.25) is 0 Å². The number of aryl methyl sites for hydroxylation is 2. The summed E-state index contributed by atoms with van der Waals surface area (Å²) in [6.45, 7) is 15.0. The number of rotatable bonds is 43. The average Bonchev–Trinajstić information content (AvgIpc) is 1.16. The van der Waals surface area contributed by atoms with E-state index in [1.807, 2.05) is 0 Å². The second kappa shape index (κ2) is 42.2. The van der Waals surface area contributed by atoms with E-state index in [0.29, 0.717) is 11.8 Å². The summed E-state index contributed by atoms with van der Waals surface area (Å²) in [5, 5.41) is 0. The van der Waals surface area contributed by atoms with Gasteiger partial charge in [-0.15, -0.1) is 51.8 Å². The molecular formula is C90H117N5O2S5. The lowest BCUT2D eigenvalue weighted by molar-refractivity contribution is 0.224. The maximum atomic E-state index is 6.83. The standard InChI is InChI=1S/C90H103N5O2S5.7H2/c1-8-13-18-23-28-31-32-35-40-45-62-95-75-63-68(7)99-89(75)90-76(95)64-80(101-90)77-60-61-79(100-77)82-86-85(81(78-59-50-67(6)98-78)87-88(82)94-102-93-87)91-83(71-51-55-73(56-52-71)96-65-69(46-41-36-26-21-16-11-4)48-43-38-33-29-24-19-14-9-2)84(92-86)72-53-57-74(58-54-72)97-66-70(47-42-37-27-22-17-12-5)49-44-39-34-30-25-20-15-10-3;;;;;;;/h1,50-61,63-64,69-70H,9-12,14-17,19-22,24-27,29-30,33-34,36-39,41-44,46-49,65-66H2,2-7H3;7*1H. The van der Waals surface area contributed by atoms with Crippen molar-refractivity contribution in [2.24, 2.45) is 11.8 Å². The molecule has 0 radical (unpaired) electrons. The highest BCUT2D eigenvalue weighted by Gasteiger charge is 2.28. The minimum atomic E-state index is 0. The maximum absolute atomic E-state index is 6.83. The zero-order chi connectivity index (χ0) is 70.9. The van der Waals surface area contributed by atoms with Crippen molar-refractivity contribution >= 4 is 99.6 Å². The van der Waals surface area contributed by atoms with Gasteiger partial charge in [0.1, 0.15) is 33.6 Å². The van der Waals surface area contributed by atoms with Crippen molar-refractivity contribution in [3.05, 3.63) is 94.7 Å². The molecule has 3 aromatic carbocycles. The van der Waals surface area contributed by atoms with Crippen molar-refractivity contribution in [2.75, 3.05) is 13.2 Å². The van der Waals surface area contributed by atoms with Gasteiger partial charge >= 0.3 is 0 Å². The molecule has 7 nitrogen and oxygen atoms in total. The Kier molecular flexibility index (Phi) is 31.9. The summed E-state index contributed by atoms with van der Waals surface area (Å²) in [4.78, 5) is 18.7. The quantitative estimate of drug-likeness (QED) is 0.0280. The Hall–Kier alpha value is -7.62. The molecule has 0 N–H and O–H groups in total. The maximum Gasteiger partial charge on any atom is 0.119 e. The number of ether oxygens (including phenoxy) is 2. The molecule has 544 valence electrons. The van der Waals surface area contributed by atoms with E-state index in [-0.39, 0.29) is 9.99 Å². The van der Waals surface area contributed by atoms with Crippen LogP contribution in [0.5, 0.6) is 11.5 Å². The monoisotopic (exact) mass is 1460 g/mol. The fraction of sp³-hybridized carbons (Fsp3) is 0.467. The van der Waals surface area contributed by atoms with E-state index in [1.54, 1.807) is 45.3 Å². The highest BCUT2D eigenvalue weighted by atomic mass is 32.1. The van der Waals surface area contributed by atoms with E-state index in [2.05, 4.69) is 196 Å². The molecule has 102 heavy (non-hydrogen) atoms. The molecule has 0 bridgehead atoms. The number of hydrogen-bond donors (Lipinski definition) is 0. The summed E-state index contributed by atoms with van der Waals surface area (Å²) in [5.74, 6) is 29.5. The van der Waals surface area contributed by atoms with Gasteiger partial charge in [0.25, 0.3) is 0 Å². The number of nitrogens with zero attached hydrogens (tertiary/aromatic N) is 5. The second-order valence-corrected chi connectivity index (χ2v) is 32.8. The summed E-state index contributed by atoms with van der Waals surface area (Å²) in [7, 11) is 0. The zero-order valence-electron chi connectivity index (χ0n) is 61.5. The molecule has 0 aliphatic heterocycles. The van der Waals surface area contributed by atoms with Gasteiger partial charge in [0.15, 0.2) is 0 Å². The minimum absolute atomic E-state index is 0. The first-order valence-corrected chi connectivity index (χ1v) is 42.4. The molecule has 0 aliphatic carbocycles. The Bertz CT molecular complexity index is 4700. The molecule has 10 rings (SSSR count). The molecule has 10 aromatic rings. The van der Waals surface area contributed by atoms with Gasteiger partial charge < -0.3 is 9.47 Å². The van der Waals surface area contributed by atoms with Crippen LogP contribution in [0.4, 0.5) is 0 Å². The Labute approximate surface area is 641 Å². The van der Waals surface area contributed by atoms with E-state index in [9.17, 15) is 0 Å². The number of terminal acetylenes is 1. The average molecular weight is 1460 g/mol. The summed E-state index contributed by atoms with van der Waals surface area (Å²) in [6, 6.07) is 34.1. The highest BCUT2D eigenvalue weighted by Crippen LogP contribution is 2.50. The third kappa shape index (κ3) is 22.2. The molecule has 0 saturated heterocycles. The van der Waals surface area contributed by atoms with Crippen LogP contribution in [0.25, 0.3) is 95.7 Å². The molecule has 2 atom stereocenters. The summed E-state index contributed by atoms with van der Waals surface area (Å²) in [6.07, 6.45) is 47.2. The Balaban J connectivity index is 0.00000440. The van der Waals surface area contributed by atoms with Crippen LogP contribution in [0.3, 0.4) is 0 Å². The van der Waals surface area contributed by atoms with Crippen LogP contribution in [0.1, 0.15) is 253 Å². The molecular weight excluding hydrogens is 1340 g/mol. The van der Waals surface area contributed by atoms with Crippen LogP contribution in [0.15, 0.2) is 84.9 Å². The topological polar surface area (TPSA) is 75.0 Å². The first kappa shape index (κ1) is 77.0. The summed E-state index contributed by atoms with van der Waals surface area (Å²) >= 11 is 8.33. The number of fused-ring (bicyclic) bond motifs is 5. The van der Waals surface area contributed by atoms with Crippen molar-refractivity contribution in [3.8, 4) is 136 Å². The molecule has 7 aromatic heterocycles. The van der Waals surface area contributed by atoms with Crippen LogP contribution in [0, 0.1) is 97.4 Å². The zero-order valence-corrected chi connectivity index (χ0v) is 65.5. The molecule has 0 saturated carbocycles. The van der Waals surface area contributed by atoms with E-state index < -0.39 is 0 Å². The van der Waals surface area contributed by atoms with Gasteiger partial charge in [-0.05, 0) is 166 Å². The Morgan fingerprint density at radius 1 is 0.392 bits per heavy atom. The van der Waals surface area contributed by atoms with E-state index in [4.69, 9.17) is 34.6 Å². The van der Waals surface area contributed by atoms with Crippen molar-refractivity contribution in [2.45, 2.75) is 247 Å². The van der Waals surface area contributed by atoms with Gasteiger partial charge in [-0.25, -0.2) is 9.97 Å². The lowest BCUT2D eigenvalue weighted by Crippen LogP contribution is -2.12. The number of hydrogen-bond acceptors (Lipinski definition) is 11. The van der Waals surface area contributed by atoms with E-state index in [1.165, 1.54) is 236 Å². The molecule has 12 heteroatoms. The molecule has 0 amide bonds. The number of aromatic nitrogens is 5. The van der Waals surface area contributed by atoms with E-state index >= 15 is 0 Å². The minimum Gasteiger partial charge on any atom is -0.493 e. The van der Waals surface area contributed by atoms with Crippen LogP contribution in [-0.4, -0.2) is 36.5 Å². The fourth-order valence-electron chi connectivity index (χ4n) is 13.8. The lowest BCUT2D eigenvalue weighted by Gasteiger charge is -2.19. The smallest absolute Gasteiger partial charge is 0.119 e. The molecule has 0 spiro atoms. The van der Waals surface area contributed by atoms with Gasteiger partial charge in [0, 0.05) is 97.1 Å². The normalized spacial score (nSPS) is 11.7. The van der Waals surface area contributed by atoms with Crippen LogP contribution in [-0.2, 0) is 0 Å². The first-order chi connectivity index (χ1) is 50.3. The summed E-state index contributed by atoms with van der Waals surface area (Å²) < 4.78 is 28.4. The molecule has 0 fully saturated rings. The number of unbranched alkanes of at least 4 members (excludes halogenated alkanes) is 24. The van der Waals surface area contributed by atoms with Crippen molar-refractivity contribution in [1.29, 1.82) is 0 Å². The predicted octanol–water partition coefficient (Wildman–Crippen LogP) is 28.7. The number of thiophene rings is 4. The number of benzene rings is 3. The molecule has 7 heterocycles. The van der Waals surface area contributed by atoms with E-state index in [0.717, 1.165) is 111 Å². The molecule has 2 unspecified atom stereocenters. The first-order valence-electron chi connectivity index (χ1n) is 38.4. The van der Waals surface area contributed by atoms with Gasteiger partial charge in [-0.2, -0.15) is 8.75 Å². The highest BCUT2D eigenvalue weighted by molar-refractivity contribution is 7.31. The van der Waals surface area contributed by atoms with Gasteiger partial charge in [0.2, 0.25) is 0 Å². The van der Waals surface area contributed by atoms with Crippen molar-refractivity contribution in [3.63, 3.8) is 0 Å². The Morgan fingerprint density at radius 3 is 1.23 bits per heavy atom. The largest absolute Gasteiger partial charge is 0.493 e. The SMILES string of the molecule is C#CC#CC#CC#CC#CC#Cn1c2cc(C)sc2c2sc(-c3ccc(-c4c5nsnc5c(-c5ccc(C)s5)c5nc(-c6ccc(OCC(CCCCCCCC)CCCCCCCCCC)cc6)c(-c6ccc(OCC(CCCCCCCC)CCCCCCCCCC)cc6)nc45)s3)cc21.[HH].[HH].[HH].[HH].[HH].[HH].[HH]. The van der Waals surface area contributed by atoms with Crippen LogP contribution < -0.4 is 9.47 Å². The lowest BCUT2D eigenvalue weighted by atomic mass is 9.94. The van der Waals surface area contributed by atoms with Crippen molar-refractivity contribution < 1.29 is 19.5 Å². The van der Waals surface area contributed by atoms with Crippen LogP contribution >= 0.6 is 57.1 Å². The fourth-order valence-corrected chi connectivity index (χ4v) is 18.7. The van der Waals surface area contributed by atoms with Gasteiger partial charge in [-0.1, -0.05) is 207 Å². The predicted molar refractivity (Wildman–Crippen MR) is 458 cm³/mol. The third-order valence-corrected chi connectivity index (χ3v) is 24.7. The Morgan fingerprint density at radius 2 is 0.784 bits per heavy atom. The molecule has 0 aliphatic rings. The second-order valence-electron chi connectivity index (χ2n) is 27.6. The third-order valence-electron chi connectivity index (χ3n) is 19.5. The van der Waals surface area contributed by atoms with Crippen molar-refractivity contribution in [1.82, 2.24) is 23.3 Å². The summed E-state index contributed by atoms with van der Waals surface area (Å²) in [5.41, 5.74) is 10.8. The van der Waals surface area contributed by atoms with Gasteiger partial charge in [-0.3, -0.25) is 4.57 Å².